The molecule has 0 saturated carbocycles. The molecule has 0 heterocycles. The zero-order chi connectivity index (χ0) is 15.9. The summed E-state index contributed by atoms with van der Waals surface area (Å²) < 4.78 is 11.0. The molecule has 0 aliphatic rings. The van der Waals surface area contributed by atoms with Crippen LogP contribution in [-0.2, 0) is 0 Å². The van der Waals surface area contributed by atoms with Gasteiger partial charge in [0.15, 0.2) is 0 Å². The molecule has 0 atom stereocenters. The quantitative estimate of drug-likeness (QED) is 0.803. The summed E-state index contributed by atoms with van der Waals surface area (Å²) in [6.07, 6.45) is 0. The molecule has 2 rings (SSSR count). The number of para-hydroxylation sites is 1. The smallest absolute Gasteiger partial charge is 0.259 e. The molecule has 2 aromatic rings. The van der Waals surface area contributed by atoms with E-state index in [9.17, 15) is 4.79 Å². The third-order valence-electron chi connectivity index (χ3n) is 2.99. The number of nitrogen functional groups attached to an aromatic ring is 1. The van der Waals surface area contributed by atoms with Gasteiger partial charge in [-0.05, 0) is 32.0 Å². The Morgan fingerprint density at radius 2 is 1.68 bits per heavy atom. The Labute approximate surface area is 130 Å². The van der Waals surface area contributed by atoms with Crippen LogP contribution in [0.5, 0.6) is 11.5 Å². The topological polar surface area (TPSA) is 73.6 Å². The summed E-state index contributed by atoms with van der Waals surface area (Å²) in [5.41, 5.74) is 7.47. The Morgan fingerprint density at radius 3 is 2.32 bits per heavy atom. The van der Waals surface area contributed by atoms with Gasteiger partial charge in [-0.25, -0.2) is 0 Å². The molecule has 0 bridgehead atoms. The molecule has 22 heavy (non-hydrogen) atoms. The number of rotatable bonds is 6. The number of amides is 1. The standard InChI is InChI=1S/C17H20N2O3/c1-3-21-15-11-14(18)16(22-4-2)10-13(15)17(20)19-12-8-6-5-7-9-12/h5-11H,3-4,18H2,1-2H3,(H,19,20). The maximum absolute atomic E-state index is 12.5. The Balaban J connectivity index is 2.33. The molecule has 0 aliphatic carbocycles. The number of hydrogen-bond acceptors (Lipinski definition) is 4. The Bertz CT molecular complexity index is 642. The minimum Gasteiger partial charge on any atom is -0.493 e. The van der Waals surface area contributed by atoms with Crippen molar-refractivity contribution < 1.29 is 14.3 Å². The van der Waals surface area contributed by atoms with Gasteiger partial charge in [-0.3, -0.25) is 4.79 Å². The zero-order valence-electron chi connectivity index (χ0n) is 12.8. The number of carbonyl (C=O) groups excluding carboxylic acids is 1. The second kappa shape index (κ2) is 7.36. The SMILES string of the molecule is CCOc1cc(C(=O)Nc2ccccc2)c(OCC)cc1N. The number of ether oxygens (including phenoxy) is 2. The van der Waals surface area contributed by atoms with Gasteiger partial charge in [-0.2, -0.15) is 0 Å². The fourth-order valence-corrected chi connectivity index (χ4v) is 2.03. The minimum absolute atomic E-state index is 0.268. The average molecular weight is 300 g/mol. The van der Waals surface area contributed by atoms with Crippen LogP contribution in [-0.4, -0.2) is 19.1 Å². The number of nitrogens with two attached hydrogens (primary N) is 1. The van der Waals surface area contributed by atoms with Gasteiger partial charge in [-0.1, -0.05) is 18.2 Å². The molecule has 116 valence electrons. The predicted octanol–water partition coefficient (Wildman–Crippen LogP) is 3.32. The lowest BCUT2D eigenvalue weighted by Crippen LogP contribution is -2.14. The lowest BCUT2D eigenvalue weighted by molar-refractivity contribution is 0.102. The van der Waals surface area contributed by atoms with Crippen LogP contribution in [0.2, 0.25) is 0 Å². The first kappa shape index (κ1) is 15.7. The molecule has 2 aromatic carbocycles. The molecule has 0 radical (unpaired) electrons. The molecular weight excluding hydrogens is 280 g/mol. The highest BCUT2D eigenvalue weighted by molar-refractivity contribution is 6.07. The van der Waals surface area contributed by atoms with E-state index < -0.39 is 0 Å². The van der Waals surface area contributed by atoms with Crippen molar-refractivity contribution in [2.24, 2.45) is 0 Å². The van der Waals surface area contributed by atoms with Crippen molar-refractivity contribution >= 4 is 17.3 Å². The molecule has 0 fully saturated rings. The number of hydrogen-bond donors (Lipinski definition) is 2. The van der Waals surface area contributed by atoms with Crippen LogP contribution in [0.25, 0.3) is 0 Å². The van der Waals surface area contributed by atoms with Crippen LogP contribution in [0, 0.1) is 0 Å². The first-order valence-electron chi connectivity index (χ1n) is 7.21. The van der Waals surface area contributed by atoms with Gasteiger partial charge >= 0.3 is 0 Å². The van der Waals surface area contributed by atoms with Crippen LogP contribution >= 0.6 is 0 Å². The van der Waals surface area contributed by atoms with Crippen LogP contribution in [0.15, 0.2) is 42.5 Å². The van der Waals surface area contributed by atoms with Gasteiger partial charge in [0.2, 0.25) is 0 Å². The number of carbonyl (C=O) groups is 1. The molecule has 5 heteroatoms. The van der Waals surface area contributed by atoms with E-state index in [1.54, 1.807) is 12.1 Å². The lowest BCUT2D eigenvalue weighted by atomic mass is 10.1. The highest BCUT2D eigenvalue weighted by Gasteiger charge is 2.17. The summed E-state index contributed by atoms with van der Waals surface area (Å²) in [5, 5.41) is 2.83. The molecular formula is C17H20N2O3. The van der Waals surface area contributed by atoms with E-state index >= 15 is 0 Å². The van der Waals surface area contributed by atoms with E-state index in [1.165, 1.54) is 0 Å². The van der Waals surface area contributed by atoms with E-state index in [0.29, 0.717) is 41.7 Å². The molecule has 5 nitrogen and oxygen atoms in total. The van der Waals surface area contributed by atoms with E-state index in [0.717, 1.165) is 0 Å². The third-order valence-corrected chi connectivity index (χ3v) is 2.99. The fourth-order valence-electron chi connectivity index (χ4n) is 2.03. The lowest BCUT2D eigenvalue weighted by Gasteiger charge is -2.14. The van der Waals surface area contributed by atoms with Crippen molar-refractivity contribution in [1.29, 1.82) is 0 Å². The average Bonchev–Trinajstić information content (AvgIpc) is 2.51. The Kier molecular flexibility index (Phi) is 5.25. The third kappa shape index (κ3) is 3.69. The molecule has 3 N–H and O–H groups in total. The molecule has 0 spiro atoms. The summed E-state index contributed by atoms with van der Waals surface area (Å²) in [5.74, 6) is 0.650. The fraction of sp³-hybridized carbons (Fsp3) is 0.235. The monoisotopic (exact) mass is 300 g/mol. The van der Waals surface area contributed by atoms with Crippen LogP contribution in [0.1, 0.15) is 24.2 Å². The van der Waals surface area contributed by atoms with Gasteiger partial charge in [0.25, 0.3) is 5.91 Å². The van der Waals surface area contributed by atoms with Gasteiger partial charge in [-0.15, -0.1) is 0 Å². The number of nitrogens with one attached hydrogen (secondary N) is 1. The van der Waals surface area contributed by atoms with Crippen molar-refractivity contribution in [3.05, 3.63) is 48.0 Å². The maximum atomic E-state index is 12.5. The Hall–Kier alpha value is -2.69. The van der Waals surface area contributed by atoms with E-state index in [-0.39, 0.29) is 5.91 Å². The number of benzene rings is 2. The second-order valence-corrected chi connectivity index (χ2v) is 4.57. The van der Waals surface area contributed by atoms with Crippen molar-refractivity contribution in [2.75, 3.05) is 24.3 Å². The normalized spacial score (nSPS) is 10.1. The largest absolute Gasteiger partial charge is 0.493 e. The molecule has 0 unspecified atom stereocenters. The van der Waals surface area contributed by atoms with Crippen molar-refractivity contribution in [1.82, 2.24) is 0 Å². The van der Waals surface area contributed by atoms with Crippen LogP contribution in [0.4, 0.5) is 11.4 Å². The van der Waals surface area contributed by atoms with Gasteiger partial charge in [0.1, 0.15) is 11.5 Å². The summed E-state index contributed by atoms with van der Waals surface area (Å²) in [6.45, 7) is 4.63. The summed E-state index contributed by atoms with van der Waals surface area (Å²) >= 11 is 0. The molecule has 1 amide bonds. The van der Waals surface area contributed by atoms with Crippen molar-refractivity contribution in [2.45, 2.75) is 13.8 Å². The van der Waals surface area contributed by atoms with Crippen molar-refractivity contribution in [3.8, 4) is 11.5 Å². The predicted molar refractivity (Wildman–Crippen MR) is 87.6 cm³/mol. The maximum Gasteiger partial charge on any atom is 0.259 e. The first-order chi connectivity index (χ1) is 10.7. The van der Waals surface area contributed by atoms with Crippen LogP contribution in [0.3, 0.4) is 0 Å². The highest BCUT2D eigenvalue weighted by Crippen LogP contribution is 2.31. The first-order valence-corrected chi connectivity index (χ1v) is 7.21. The summed E-state index contributed by atoms with van der Waals surface area (Å²) in [4.78, 5) is 12.5. The van der Waals surface area contributed by atoms with Crippen LogP contribution < -0.4 is 20.5 Å². The van der Waals surface area contributed by atoms with Gasteiger partial charge in [0, 0.05) is 11.8 Å². The molecule has 0 aromatic heterocycles. The highest BCUT2D eigenvalue weighted by atomic mass is 16.5. The second-order valence-electron chi connectivity index (χ2n) is 4.57. The molecule has 0 aliphatic heterocycles. The van der Waals surface area contributed by atoms with E-state index in [4.69, 9.17) is 15.2 Å². The minimum atomic E-state index is -0.268. The van der Waals surface area contributed by atoms with E-state index in [1.807, 2.05) is 44.2 Å². The van der Waals surface area contributed by atoms with Crippen molar-refractivity contribution in [3.63, 3.8) is 0 Å². The summed E-state index contributed by atoms with van der Waals surface area (Å²) in [6, 6.07) is 12.5. The number of anilines is 2. The molecule has 0 saturated heterocycles. The van der Waals surface area contributed by atoms with Gasteiger partial charge in [0.05, 0.1) is 24.5 Å². The van der Waals surface area contributed by atoms with E-state index in [2.05, 4.69) is 5.32 Å². The summed E-state index contributed by atoms with van der Waals surface area (Å²) in [7, 11) is 0. The zero-order valence-corrected chi connectivity index (χ0v) is 12.8. The Morgan fingerprint density at radius 1 is 1.05 bits per heavy atom. The van der Waals surface area contributed by atoms with Gasteiger partial charge < -0.3 is 20.5 Å².